The van der Waals surface area contributed by atoms with E-state index in [2.05, 4.69) is 15.2 Å². The number of aromatic nitrogens is 4. The average molecular weight is 305 g/mol. The number of hydrogen-bond acceptors (Lipinski definition) is 6. The summed E-state index contributed by atoms with van der Waals surface area (Å²) in [5.74, 6) is 1.13. The first kappa shape index (κ1) is 14.7. The molecule has 22 heavy (non-hydrogen) atoms. The summed E-state index contributed by atoms with van der Waals surface area (Å²) in [5, 5.41) is 8.17. The van der Waals surface area contributed by atoms with Gasteiger partial charge in [0.1, 0.15) is 0 Å². The number of hydrogen-bond donors (Lipinski definition) is 0. The second-order valence-electron chi connectivity index (χ2n) is 5.40. The van der Waals surface area contributed by atoms with Crippen molar-refractivity contribution >= 4 is 5.91 Å². The number of fused-ring (bicyclic) bond motifs is 1. The largest absolute Gasteiger partial charge is 0.384 e. The summed E-state index contributed by atoms with van der Waals surface area (Å²) in [7, 11) is 1.59. The third-order valence-electron chi connectivity index (χ3n) is 3.76. The van der Waals surface area contributed by atoms with Crippen molar-refractivity contribution in [3.05, 3.63) is 29.7 Å². The first-order chi connectivity index (χ1) is 10.7. The SMILES string of the molecule is COCCC(=O)N1Cc2ccnn2C[C@H](c2nc(C)no2)C1. The van der Waals surface area contributed by atoms with E-state index in [-0.39, 0.29) is 11.8 Å². The molecule has 0 spiro atoms. The van der Waals surface area contributed by atoms with E-state index in [0.717, 1.165) is 5.69 Å². The van der Waals surface area contributed by atoms with E-state index in [1.54, 1.807) is 20.2 Å². The molecule has 0 saturated carbocycles. The molecule has 0 fully saturated rings. The highest BCUT2D eigenvalue weighted by atomic mass is 16.5. The number of ether oxygens (including phenoxy) is 1. The van der Waals surface area contributed by atoms with Crippen LogP contribution in [-0.2, 0) is 22.6 Å². The third kappa shape index (κ3) is 3.01. The van der Waals surface area contributed by atoms with E-state index in [9.17, 15) is 4.79 Å². The lowest BCUT2D eigenvalue weighted by Crippen LogP contribution is -2.33. The van der Waals surface area contributed by atoms with E-state index in [1.807, 2.05) is 15.6 Å². The molecule has 8 heteroatoms. The van der Waals surface area contributed by atoms with Crippen LogP contribution in [0.5, 0.6) is 0 Å². The molecular weight excluding hydrogens is 286 g/mol. The second kappa shape index (κ2) is 6.27. The Labute approximate surface area is 128 Å². The molecule has 0 saturated heterocycles. The van der Waals surface area contributed by atoms with Crippen LogP contribution in [0.25, 0.3) is 0 Å². The van der Waals surface area contributed by atoms with Gasteiger partial charge < -0.3 is 14.2 Å². The van der Waals surface area contributed by atoms with Gasteiger partial charge in [-0.3, -0.25) is 9.48 Å². The predicted octanol–water partition coefficient (Wildman–Crippen LogP) is 0.737. The van der Waals surface area contributed by atoms with Crippen LogP contribution in [0.1, 0.15) is 29.7 Å². The maximum atomic E-state index is 12.4. The minimum absolute atomic E-state index is 0.0535. The number of methoxy groups -OCH3 is 1. The summed E-state index contributed by atoms with van der Waals surface area (Å²) in [4.78, 5) is 18.5. The van der Waals surface area contributed by atoms with E-state index < -0.39 is 0 Å². The van der Waals surface area contributed by atoms with Crippen molar-refractivity contribution in [3.8, 4) is 0 Å². The van der Waals surface area contributed by atoms with Crippen molar-refractivity contribution in [2.75, 3.05) is 20.3 Å². The number of rotatable bonds is 4. The van der Waals surface area contributed by atoms with Gasteiger partial charge in [0, 0.05) is 19.9 Å². The number of carbonyl (C=O) groups excluding carboxylic acids is 1. The van der Waals surface area contributed by atoms with Crippen LogP contribution < -0.4 is 0 Å². The van der Waals surface area contributed by atoms with Gasteiger partial charge in [-0.15, -0.1) is 0 Å². The van der Waals surface area contributed by atoms with E-state index in [4.69, 9.17) is 9.26 Å². The van der Waals surface area contributed by atoms with Crippen molar-refractivity contribution in [1.82, 2.24) is 24.8 Å². The quantitative estimate of drug-likeness (QED) is 0.828. The van der Waals surface area contributed by atoms with Crippen molar-refractivity contribution in [2.45, 2.75) is 32.4 Å². The highest BCUT2D eigenvalue weighted by molar-refractivity contribution is 5.76. The van der Waals surface area contributed by atoms with E-state index >= 15 is 0 Å². The minimum atomic E-state index is -0.0613. The molecule has 2 aromatic heterocycles. The lowest BCUT2D eigenvalue weighted by Gasteiger charge is -2.22. The van der Waals surface area contributed by atoms with Gasteiger partial charge in [-0.05, 0) is 13.0 Å². The number of aryl methyl sites for hydroxylation is 1. The first-order valence-corrected chi connectivity index (χ1v) is 7.25. The van der Waals surface area contributed by atoms with Crippen LogP contribution >= 0.6 is 0 Å². The normalized spacial score (nSPS) is 18.1. The number of nitrogens with zero attached hydrogens (tertiary/aromatic N) is 5. The number of carbonyl (C=O) groups is 1. The van der Waals surface area contributed by atoms with Crippen LogP contribution in [0.4, 0.5) is 0 Å². The lowest BCUT2D eigenvalue weighted by molar-refractivity contribution is -0.133. The molecule has 0 unspecified atom stereocenters. The first-order valence-electron chi connectivity index (χ1n) is 7.25. The Morgan fingerprint density at radius 3 is 3.09 bits per heavy atom. The Morgan fingerprint density at radius 1 is 1.50 bits per heavy atom. The standard InChI is InChI=1S/C14H19N5O3/c1-10-16-14(22-17-10)11-7-18(13(20)4-6-21-2)9-12-3-5-15-19(12)8-11/h3,5,11H,4,6-9H2,1-2H3/t11-/m1/s1. The van der Waals surface area contributed by atoms with Gasteiger partial charge in [0.05, 0.1) is 37.7 Å². The van der Waals surface area contributed by atoms with Gasteiger partial charge in [0.25, 0.3) is 0 Å². The molecule has 0 radical (unpaired) electrons. The zero-order valence-electron chi connectivity index (χ0n) is 12.7. The van der Waals surface area contributed by atoms with Gasteiger partial charge in [-0.1, -0.05) is 5.16 Å². The lowest BCUT2D eigenvalue weighted by atomic mass is 10.1. The smallest absolute Gasteiger partial charge is 0.233 e. The maximum Gasteiger partial charge on any atom is 0.233 e. The molecule has 0 aromatic carbocycles. The third-order valence-corrected chi connectivity index (χ3v) is 3.76. The summed E-state index contributed by atoms with van der Waals surface area (Å²) in [6.45, 7) is 3.89. The topological polar surface area (TPSA) is 86.3 Å². The summed E-state index contributed by atoms with van der Waals surface area (Å²) in [6.07, 6.45) is 2.11. The van der Waals surface area contributed by atoms with Gasteiger partial charge in [0.2, 0.25) is 11.8 Å². The van der Waals surface area contributed by atoms with Crippen molar-refractivity contribution in [3.63, 3.8) is 0 Å². The monoisotopic (exact) mass is 305 g/mol. The Morgan fingerprint density at radius 2 is 2.36 bits per heavy atom. The molecule has 1 aliphatic heterocycles. The molecular formula is C14H19N5O3. The van der Waals surface area contributed by atoms with Gasteiger partial charge in [-0.25, -0.2) is 0 Å². The fourth-order valence-electron chi connectivity index (χ4n) is 2.62. The Bertz CT molecular complexity index is 650. The van der Waals surface area contributed by atoms with Gasteiger partial charge in [-0.2, -0.15) is 10.1 Å². The summed E-state index contributed by atoms with van der Waals surface area (Å²) in [6, 6.07) is 1.93. The Hall–Kier alpha value is -2.22. The van der Waals surface area contributed by atoms with Crippen LogP contribution in [0.3, 0.4) is 0 Å². The average Bonchev–Trinajstić information content (AvgIpc) is 3.09. The molecule has 0 N–H and O–H groups in total. The highest BCUT2D eigenvalue weighted by Gasteiger charge is 2.29. The summed E-state index contributed by atoms with van der Waals surface area (Å²) < 4.78 is 12.2. The molecule has 0 bridgehead atoms. The van der Waals surface area contributed by atoms with Gasteiger partial charge >= 0.3 is 0 Å². The van der Waals surface area contributed by atoms with Crippen molar-refractivity contribution in [2.24, 2.45) is 0 Å². The predicted molar refractivity (Wildman–Crippen MR) is 75.9 cm³/mol. The zero-order chi connectivity index (χ0) is 15.5. The number of amides is 1. The van der Waals surface area contributed by atoms with Crippen LogP contribution in [-0.4, -0.2) is 51.0 Å². The molecule has 1 atom stereocenters. The second-order valence-corrected chi connectivity index (χ2v) is 5.40. The van der Waals surface area contributed by atoms with Crippen molar-refractivity contribution in [1.29, 1.82) is 0 Å². The fourth-order valence-corrected chi connectivity index (χ4v) is 2.62. The summed E-state index contributed by atoms with van der Waals surface area (Å²) >= 11 is 0. The Kier molecular flexibility index (Phi) is 4.19. The Balaban J connectivity index is 1.84. The molecule has 8 nitrogen and oxygen atoms in total. The highest BCUT2D eigenvalue weighted by Crippen LogP contribution is 2.23. The van der Waals surface area contributed by atoms with E-state index in [0.29, 0.717) is 44.4 Å². The molecule has 3 rings (SSSR count). The van der Waals surface area contributed by atoms with Crippen molar-refractivity contribution < 1.29 is 14.1 Å². The van der Waals surface area contributed by atoms with E-state index in [1.165, 1.54) is 0 Å². The van der Waals surface area contributed by atoms with Crippen LogP contribution in [0.2, 0.25) is 0 Å². The fraction of sp³-hybridized carbons (Fsp3) is 0.571. The molecule has 3 heterocycles. The van der Waals surface area contributed by atoms with Gasteiger partial charge in [0.15, 0.2) is 5.82 Å². The zero-order valence-corrected chi connectivity index (χ0v) is 12.7. The molecule has 2 aromatic rings. The molecule has 1 aliphatic rings. The minimum Gasteiger partial charge on any atom is -0.384 e. The van der Waals surface area contributed by atoms with Crippen LogP contribution in [0, 0.1) is 6.92 Å². The summed E-state index contributed by atoms with van der Waals surface area (Å²) in [5.41, 5.74) is 1.00. The molecule has 1 amide bonds. The maximum absolute atomic E-state index is 12.4. The van der Waals surface area contributed by atoms with Crippen LogP contribution in [0.15, 0.2) is 16.8 Å². The molecule has 118 valence electrons. The molecule has 0 aliphatic carbocycles.